The standard InChI is InChI=1S/C14H17NOS/c1-11-10-17-13(15-11)9-14(2,16)8-12-6-4-3-5-7-12/h3-7,10,16H,8-9H2,1-2H3. The van der Waals surface area contributed by atoms with E-state index in [-0.39, 0.29) is 0 Å². The van der Waals surface area contributed by atoms with Crippen molar-refractivity contribution in [3.05, 3.63) is 52.0 Å². The van der Waals surface area contributed by atoms with Crippen molar-refractivity contribution in [2.24, 2.45) is 0 Å². The molecule has 2 rings (SSSR count). The summed E-state index contributed by atoms with van der Waals surface area (Å²) in [6, 6.07) is 10.1. The zero-order chi connectivity index (χ0) is 12.3. The lowest BCUT2D eigenvalue weighted by Crippen LogP contribution is -2.30. The number of hydrogen-bond acceptors (Lipinski definition) is 3. The van der Waals surface area contributed by atoms with Crippen LogP contribution in [-0.4, -0.2) is 15.7 Å². The van der Waals surface area contributed by atoms with Crippen molar-refractivity contribution in [3.8, 4) is 0 Å². The van der Waals surface area contributed by atoms with Crippen molar-refractivity contribution in [1.29, 1.82) is 0 Å². The maximum atomic E-state index is 10.4. The average molecular weight is 247 g/mol. The molecule has 2 aromatic rings. The van der Waals surface area contributed by atoms with Gasteiger partial charge in [0, 0.05) is 23.9 Å². The van der Waals surface area contributed by atoms with Gasteiger partial charge in [-0.15, -0.1) is 11.3 Å². The Morgan fingerprint density at radius 3 is 2.53 bits per heavy atom. The zero-order valence-electron chi connectivity index (χ0n) is 10.2. The van der Waals surface area contributed by atoms with E-state index in [0.29, 0.717) is 12.8 Å². The summed E-state index contributed by atoms with van der Waals surface area (Å²) in [5.41, 5.74) is 1.46. The van der Waals surface area contributed by atoms with Crippen LogP contribution in [0.2, 0.25) is 0 Å². The van der Waals surface area contributed by atoms with Crippen LogP contribution in [0.5, 0.6) is 0 Å². The zero-order valence-corrected chi connectivity index (χ0v) is 11.0. The number of benzene rings is 1. The molecule has 1 atom stereocenters. The van der Waals surface area contributed by atoms with E-state index in [4.69, 9.17) is 0 Å². The third kappa shape index (κ3) is 3.65. The summed E-state index contributed by atoms with van der Waals surface area (Å²) in [6.45, 7) is 3.85. The molecule has 0 aliphatic carbocycles. The van der Waals surface area contributed by atoms with Crippen molar-refractivity contribution in [2.45, 2.75) is 32.3 Å². The van der Waals surface area contributed by atoms with Gasteiger partial charge < -0.3 is 5.11 Å². The lowest BCUT2D eigenvalue weighted by Gasteiger charge is -2.22. The van der Waals surface area contributed by atoms with Crippen LogP contribution in [0, 0.1) is 6.92 Å². The number of nitrogens with zero attached hydrogens (tertiary/aromatic N) is 1. The van der Waals surface area contributed by atoms with Crippen LogP contribution in [0.15, 0.2) is 35.7 Å². The number of aromatic nitrogens is 1. The van der Waals surface area contributed by atoms with Crippen molar-refractivity contribution >= 4 is 11.3 Å². The smallest absolute Gasteiger partial charge is 0.0956 e. The van der Waals surface area contributed by atoms with Gasteiger partial charge in [-0.25, -0.2) is 4.98 Å². The van der Waals surface area contributed by atoms with Gasteiger partial charge in [0.05, 0.1) is 10.6 Å². The Bertz CT molecular complexity index is 476. The minimum atomic E-state index is -0.731. The van der Waals surface area contributed by atoms with Gasteiger partial charge in [0.2, 0.25) is 0 Å². The lowest BCUT2D eigenvalue weighted by molar-refractivity contribution is 0.0607. The predicted octanol–water partition coefficient (Wildman–Crippen LogP) is 2.99. The first kappa shape index (κ1) is 12.3. The molecule has 0 spiro atoms. The van der Waals surface area contributed by atoms with Crippen molar-refractivity contribution in [3.63, 3.8) is 0 Å². The normalized spacial score (nSPS) is 14.5. The number of thiazole rings is 1. The molecule has 17 heavy (non-hydrogen) atoms. The highest BCUT2D eigenvalue weighted by atomic mass is 32.1. The van der Waals surface area contributed by atoms with Crippen LogP contribution in [0.3, 0.4) is 0 Å². The van der Waals surface area contributed by atoms with E-state index in [2.05, 4.69) is 4.98 Å². The van der Waals surface area contributed by atoms with Gasteiger partial charge in [-0.2, -0.15) is 0 Å². The summed E-state index contributed by atoms with van der Waals surface area (Å²) in [6.07, 6.45) is 1.27. The molecule has 0 radical (unpaired) electrons. The maximum absolute atomic E-state index is 10.4. The molecule has 1 aromatic carbocycles. The molecule has 2 nitrogen and oxygen atoms in total. The van der Waals surface area contributed by atoms with E-state index in [1.807, 2.05) is 49.6 Å². The highest BCUT2D eigenvalue weighted by Gasteiger charge is 2.22. The van der Waals surface area contributed by atoms with Gasteiger partial charge in [0.1, 0.15) is 0 Å². The van der Waals surface area contributed by atoms with Gasteiger partial charge in [-0.1, -0.05) is 30.3 Å². The van der Waals surface area contributed by atoms with E-state index >= 15 is 0 Å². The molecule has 1 unspecified atom stereocenters. The predicted molar refractivity (Wildman–Crippen MR) is 71.3 cm³/mol. The second-order valence-corrected chi connectivity index (χ2v) is 5.66. The summed E-state index contributed by atoms with van der Waals surface area (Å²) in [4.78, 5) is 4.40. The average Bonchev–Trinajstić information content (AvgIpc) is 2.63. The van der Waals surface area contributed by atoms with Crippen molar-refractivity contribution in [1.82, 2.24) is 4.98 Å². The van der Waals surface area contributed by atoms with E-state index < -0.39 is 5.60 Å². The highest BCUT2D eigenvalue weighted by molar-refractivity contribution is 7.09. The van der Waals surface area contributed by atoms with E-state index in [0.717, 1.165) is 16.3 Å². The Hall–Kier alpha value is -1.19. The minimum Gasteiger partial charge on any atom is -0.389 e. The first-order valence-corrected chi connectivity index (χ1v) is 6.60. The van der Waals surface area contributed by atoms with Crippen molar-refractivity contribution in [2.75, 3.05) is 0 Å². The van der Waals surface area contributed by atoms with Crippen LogP contribution in [0.4, 0.5) is 0 Å². The molecule has 1 N–H and O–H groups in total. The van der Waals surface area contributed by atoms with E-state index in [9.17, 15) is 5.11 Å². The Kier molecular flexibility index (Phi) is 3.60. The van der Waals surface area contributed by atoms with Crippen LogP contribution >= 0.6 is 11.3 Å². The fraction of sp³-hybridized carbons (Fsp3) is 0.357. The molecule has 0 amide bonds. The molecule has 90 valence electrons. The highest BCUT2D eigenvalue weighted by Crippen LogP contribution is 2.20. The lowest BCUT2D eigenvalue weighted by atomic mass is 9.93. The Morgan fingerprint density at radius 2 is 1.94 bits per heavy atom. The first-order chi connectivity index (χ1) is 8.05. The largest absolute Gasteiger partial charge is 0.389 e. The maximum Gasteiger partial charge on any atom is 0.0956 e. The molecule has 3 heteroatoms. The molecule has 0 aliphatic rings. The number of rotatable bonds is 4. The fourth-order valence-electron chi connectivity index (χ4n) is 1.91. The summed E-state index contributed by atoms with van der Waals surface area (Å²) >= 11 is 1.62. The van der Waals surface area contributed by atoms with Crippen LogP contribution in [0.25, 0.3) is 0 Å². The topological polar surface area (TPSA) is 33.1 Å². The third-order valence-corrected chi connectivity index (χ3v) is 3.59. The number of hydrogen-bond donors (Lipinski definition) is 1. The fourth-order valence-corrected chi connectivity index (χ4v) is 2.86. The monoisotopic (exact) mass is 247 g/mol. The summed E-state index contributed by atoms with van der Waals surface area (Å²) in [7, 11) is 0. The van der Waals surface area contributed by atoms with E-state index in [1.54, 1.807) is 11.3 Å². The van der Waals surface area contributed by atoms with Crippen LogP contribution < -0.4 is 0 Å². The minimum absolute atomic E-state index is 0.612. The van der Waals surface area contributed by atoms with Crippen LogP contribution in [-0.2, 0) is 12.8 Å². The Balaban J connectivity index is 2.04. The summed E-state index contributed by atoms with van der Waals surface area (Å²) < 4.78 is 0. The second-order valence-electron chi connectivity index (χ2n) is 4.72. The van der Waals surface area contributed by atoms with Gasteiger partial charge in [0.15, 0.2) is 0 Å². The van der Waals surface area contributed by atoms with Gasteiger partial charge in [-0.3, -0.25) is 0 Å². The Labute approximate surface area is 106 Å². The quantitative estimate of drug-likeness (QED) is 0.901. The van der Waals surface area contributed by atoms with Gasteiger partial charge in [0.25, 0.3) is 0 Å². The van der Waals surface area contributed by atoms with Gasteiger partial charge in [-0.05, 0) is 19.4 Å². The SMILES string of the molecule is Cc1csc(CC(C)(O)Cc2ccccc2)n1. The molecule has 0 fully saturated rings. The van der Waals surface area contributed by atoms with Crippen LogP contribution in [0.1, 0.15) is 23.2 Å². The summed E-state index contributed by atoms with van der Waals surface area (Å²) in [5.74, 6) is 0. The molecule has 1 heterocycles. The molecule has 0 aliphatic heterocycles. The second kappa shape index (κ2) is 4.98. The molecule has 0 bridgehead atoms. The molecular formula is C14H17NOS. The molecule has 1 aromatic heterocycles. The Morgan fingerprint density at radius 1 is 1.24 bits per heavy atom. The third-order valence-electron chi connectivity index (χ3n) is 2.63. The molecule has 0 saturated heterocycles. The number of aryl methyl sites for hydroxylation is 1. The molecule has 0 saturated carbocycles. The van der Waals surface area contributed by atoms with Crippen molar-refractivity contribution < 1.29 is 5.11 Å². The first-order valence-electron chi connectivity index (χ1n) is 5.72. The summed E-state index contributed by atoms with van der Waals surface area (Å²) in [5, 5.41) is 13.4. The molecular weight excluding hydrogens is 230 g/mol. The number of aliphatic hydroxyl groups is 1. The van der Waals surface area contributed by atoms with Gasteiger partial charge >= 0.3 is 0 Å². The van der Waals surface area contributed by atoms with E-state index in [1.165, 1.54) is 0 Å².